The lowest BCUT2D eigenvalue weighted by atomic mass is 10.1. The average Bonchev–Trinajstić information content (AvgIpc) is 2.52. The third-order valence-corrected chi connectivity index (χ3v) is 3.48. The van der Waals surface area contributed by atoms with Gasteiger partial charge in [0.2, 0.25) is 0 Å². The summed E-state index contributed by atoms with van der Waals surface area (Å²) in [6, 6.07) is 8.51. The van der Waals surface area contributed by atoms with E-state index in [4.69, 9.17) is 0 Å². The first-order chi connectivity index (χ1) is 9.80. The maximum Gasteiger partial charge on any atom is 0.134 e. The molecule has 2 N–H and O–H groups in total. The summed E-state index contributed by atoms with van der Waals surface area (Å²) in [5.41, 5.74) is 3.83. The second-order valence-corrected chi connectivity index (χ2v) is 4.63. The van der Waals surface area contributed by atoms with Crippen LogP contribution in [0.25, 0.3) is 0 Å². The summed E-state index contributed by atoms with van der Waals surface area (Å²) in [6.45, 7) is 5.09. The average molecular weight is 270 g/mol. The van der Waals surface area contributed by atoms with Gasteiger partial charge < -0.3 is 10.6 Å². The second-order valence-electron chi connectivity index (χ2n) is 4.63. The Morgan fingerprint density at radius 2 is 1.65 bits per heavy atom. The molecule has 106 valence electrons. The van der Waals surface area contributed by atoms with E-state index in [9.17, 15) is 0 Å². The lowest BCUT2D eigenvalue weighted by Gasteiger charge is -2.14. The lowest BCUT2D eigenvalue weighted by Crippen LogP contribution is -2.09. The van der Waals surface area contributed by atoms with Crippen LogP contribution in [0.5, 0.6) is 0 Å². The Labute approximate surface area is 120 Å². The quantitative estimate of drug-likeness (QED) is 0.846. The minimum Gasteiger partial charge on any atom is -0.373 e. The van der Waals surface area contributed by atoms with Gasteiger partial charge in [-0.3, -0.25) is 0 Å². The third kappa shape index (κ3) is 3.07. The molecule has 0 saturated carbocycles. The molecule has 0 aliphatic rings. The molecule has 1 heterocycles. The van der Waals surface area contributed by atoms with Crippen LogP contribution in [0.1, 0.15) is 30.5 Å². The van der Waals surface area contributed by atoms with Gasteiger partial charge in [-0.15, -0.1) is 0 Å². The number of hydrogen-bond donors (Lipinski definition) is 2. The number of benzene rings is 1. The van der Waals surface area contributed by atoms with Crippen molar-refractivity contribution in [3.05, 3.63) is 47.3 Å². The van der Waals surface area contributed by atoms with Gasteiger partial charge in [0.05, 0.1) is 0 Å². The topological polar surface area (TPSA) is 49.8 Å². The molecule has 2 rings (SSSR count). The van der Waals surface area contributed by atoms with Crippen LogP contribution in [0.2, 0.25) is 0 Å². The number of nitrogens with zero attached hydrogens (tertiary/aromatic N) is 2. The molecule has 0 atom stereocenters. The molecule has 0 aliphatic carbocycles. The van der Waals surface area contributed by atoms with Crippen LogP contribution < -0.4 is 10.6 Å². The first kappa shape index (κ1) is 14.3. The summed E-state index contributed by atoms with van der Waals surface area (Å²) in [5, 5.41) is 6.56. The standard InChI is InChI=1S/C16H22N4/c1-4-12-8-6-7-9-13(12)10-18-16-14(5-2)15(17-3)19-11-20-16/h6-9,11H,4-5,10H2,1-3H3,(H2,17,18,19,20). The number of rotatable bonds is 6. The van der Waals surface area contributed by atoms with Crippen molar-refractivity contribution in [3.8, 4) is 0 Å². The molecule has 0 aliphatic heterocycles. The SMILES string of the molecule is CCc1ccccc1CNc1ncnc(NC)c1CC. The molecule has 0 spiro atoms. The summed E-state index contributed by atoms with van der Waals surface area (Å²) < 4.78 is 0. The molecule has 0 bridgehead atoms. The van der Waals surface area contributed by atoms with Gasteiger partial charge in [0.25, 0.3) is 0 Å². The van der Waals surface area contributed by atoms with Crippen molar-refractivity contribution in [2.24, 2.45) is 0 Å². The van der Waals surface area contributed by atoms with Crippen molar-refractivity contribution in [1.82, 2.24) is 9.97 Å². The van der Waals surface area contributed by atoms with Gasteiger partial charge in [-0.2, -0.15) is 0 Å². The van der Waals surface area contributed by atoms with Gasteiger partial charge in [0.15, 0.2) is 0 Å². The highest BCUT2D eigenvalue weighted by atomic mass is 15.1. The molecule has 0 amide bonds. The highest BCUT2D eigenvalue weighted by Crippen LogP contribution is 2.21. The lowest BCUT2D eigenvalue weighted by molar-refractivity contribution is 0.993. The van der Waals surface area contributed by atoms with Crippen LogP contribution in [0.15, 0.2) is 30.6 Å². The first-order valence-electron chi connectivity index (χ1n) is 7.12. The molecular weight excluding hydrogens is 248 g/mol. The molecular formula is C16H22N4. The molecule has 0 radical (unpaired) electrons. The Bertz CT molecular complexity index is 566. The fraction of sp³-hybridized carbons (Fsp3) is 0.375. The predicted molar refractivity (Wildman–Crippen MR) is 84.1 cm³/mol. The summed E-state index contributed by atoms with van der Waals surface area (Å²) in [4.78, 5) is 8.62. The van der Waals surface area contributed by atoms with Gasteiger partial charge in [-0.25, -0.2) is 9.97 Å². The predicted octanol–water partition coefficient (Wildman–Crippen LogP) is 3.26. The largest absolute Gasteiger partial charge is 0.373 e. The van der Waals surface area contributed by atoms with Crippen molar-refractivity contribution in [1.29, 1.82) is 0 Å². The molecule has 0 unspecified atom stereocenters. The van der Waals surface area contributed by atoms with Crippen LogP contribution >= 0.6 is 0 Å². The second kappa shape index (κ2) is 6.89. The Balaban J connectivity index is 2.19. The molecule has 4 nitrogen and oxygen atoms in total. The van der Waals surface area contributed by atoms with E-state index < -0.39 is 0 Å². The number of hydrogen-bond acceptors (Lipinski definition) is 4. The summed E-state index contributed by atoms with van der Waals surface area (Å²) in [6.07, 6.45) is 3.54. The van der Waals surface area contributed by atoms with E-state index in [-0.39, 0.29) is 0 Å². The maximum absolute atomic E-state index is 4.37. The van der Waals surface area contributed by atoms with Crippen LogP contribution in [0.3, 0.4) is 0 Å². The number of aryl methyl sites for hydroxylation is 1. The number of anilines is 2. The minimum absolute atomic E-state index is 0.789. The van der Waals surface area contributed by atoms with Gasteiger partial charge in [-0.1, -0.05) is 38.1 Å². The summed E-state index contributed by atoms with van der Waals surface area (Å²) in [7, 11) is 1.89. The highest BCUT2D eigenvalue weighted by Gasteiger charge is 2.08. The summed E-state index contributed by atoms with van der Waals surface area (Å²) >= 11 is 0. The zero-order valence-corrected chi connectivity index (χ0v) is 12.4. The van der Waals surface area contributed by atoms with E-state index in [0.29, 0.717) is 0 Å². The van der Waals surface area contributed by atoms with Gasteiger partial charge in [0.1, 0.15) is 18.0 Å². The van der Waals surface area contributed by atoms with Crippen molar-refractivity contribution in [2.75, 3.05) is 17.7 Å². The first-order valence-corrected chi connectivity index (χ1v) is 7.12. The zero-order chi connectivity index (χ0) is 14.4. The van der Waals surface area contributed by atoms with Crippen molar-refractivity contribution in [2.45, 2.75) is 33.2 Å². The molecule has 0 fully saturated rings. The Kier molecular flexibility index (Phi) is 4.93. The Morgan fingerprint density at radius 3 is 2.30 bits per heavy atom. The molecule has 1 aromatic carbocycles. The molecule has 20 heavy (non-hydrogen) atoms. The minimum atomic E-state index is 0.789. The van der Waals surface area contributed by atoms with Crippen molar-refractivity contribution in [3.63, 3.8) is 0 Å². The molecule has 4 heteroatoms. The third-order valence-electron chi connectivity index (χ3n) is 3.48. The molecule has 1 aromatic heterocycles. The summed E-state index contributed by atoms with van der Waals surface area (Å²) in [5.74, 6) is 1.81. The zero-order valence-electron chi connectivity index (χ0n) is 12.4. The monoisotopic (exact) mass is 270 g/mol. The smallest absolute Gasteiger partial charge is 0.134 e. The van der Waals surface area contributed by atoms with Gasteiger partial charge in [0, 0.05) is 19.2 Å². The molecule has 0 saturated heterocycles. The van der Waals surface area contributed by atoms with Gasteiger partial charge >= 0.3 is 0 Å². The molecule has 2 aromatic rings. The highest BCUT2D eigenvalue weighted by molar-refractivity contribution is 5.57. The van der Waals surface area contributed by atoms with E-state index in [1.807, 2.05) is 7.05 Å². The Morgan fingerprint density at radius 1 is 0.950 bits per heavy atom. The van der Waals surface area contributed by atoms with Crippen molar-refractivity contribution < 1.29 is 0 Å². The number of nitrogens with one attached hydrogen (secondary N) is 2. The maximum atomic E-state index is 4.37. The fourth-order valence-electron chi connectivity index (χ4n) is 2.37. The van der Waals surface area contributed by atoms with E-state index in [1.165, 1.54) is 11.1 Å². The van der Waals surface area contributed by atoms with E-state index in [1.54, 1.807) is 6.33 Å². The van der Waals surface area contributed by atoms with Crippen LogP contribution in [0.4, 0.5) is 11.6 Å². The number of aromatic nitrogens is 2. The fourth-order valence-corrected chi connectivity index (χ4v) is 2.37. The van der Waals surface area contributed by atoms with Gasteiger partial charge in [-0.05, 0) is 24.0 Å². The Hall–Kier alpha value is -2.10. The van der Waals surface area contributed by atoms with Crippen LogP contribution in [0, 0.1) is 0 Å². The van der Waals surface area contributed by atoms with Crippen LogP contribution in [-0.4, -0.2) is 17.0 Å². The van der Waals surface area contributed by atoms with Crippen LogP contribution in [-0.2, 0) is 19.4 Å². The normalized spacial score (nSPS) is 10.3. The van der Waals surface area contributed by atoms with E-state index >= 15 is 0 Å². The van der Waals surface area contributed by atoms with E-state index in [0.717, 1.165) is 36.6 Å². The van der Waals surface area contributed by atoms with Crippen molar-refractivity contribution >= 4 is 11.6 Å². The van der Waals surface area contributed by atoms with E-state index in [2.05, 4.69) is 58.7 Å².